The molecule has 4 nitrogen and oxygen atoms in total. The van der Waals surface area contributed by atoms with E-state index in [1.54, 1.807) is 6.20 Å². The summed E-state index contributed by atoms with van der Waals surface area (Å²) in [6.07, 6.45) is 3.98. The van der Waals surface area contributed by atoms with Crippen LogP contribution in [-0.2, 0) is 6.42 Å². The molecule has 0 aliphatic heterocycles. The Morgan fingerprint density at radius 3 is 2.79 bits per heavy atom. The van der Waals surface area contributed by atoms with Gasteiger partial charge in [-0.25, -0.2) is 9.97 Å². The number of pyridine rings is 2. The van der Waals surface area contributed by atoms with Crippen molar-refractivity contribution in [1.29, 1.82) is 0 Å². The summed E-state index contributed by atoms with van der Waals surface area (Å²) in [6, 6.07) is 21.0. The highest BCUT2D eigenvalue weighted by molar-refractivity contribution is 5.86. The standard InChI is InChI=1S/C24H22N4/c1-15-5-4-12-26-24(15)27-18-9-11-22-17(13-18)14-21(23(25)28-22)20-10-8-16-6-2-3-7-19(16)20/h2-7,9,11-14,20H,8,10H2,1H3,(H2,25,28)(H,26,27)/t20-/m1/s1. The largest absolute Gasteiger partial charge is 0.383 e. The van der Waals surface area contributed by atoms with Gasteiger partial charge in [0.25, 0.3) is 0 Å². The minimum Gasteiger partial charge on any atom is -0.383 e. The molecule has 4 aromatic rings. The van der Waals surface area contributed by atoms with Gasteiger partial charge in [-0.05, 0) is 66.8 Å². The van der Waals surface area contributed by atoms with Crippen LogP contribution < -0.4 is 11.1 Å². The molecule has 1 aliphatic carbocycles. The topological polar surface area (TPSA) is 63.8 Å². The molecule has 0 bridgehead atoms. The van der Waals surface area contributed by atoms with Gasteiger partial charge in [-0.1, -0.05) is 30.3 Å². The van der Waals surface area contributed by atoms with Crippen LogP contribution in [0.5, 0.6) is 0 Å². The van der Waals surface area contributed by atoms with E-state index in [9.17, 15) is 0 Å². The van der Waals surface area contributed by atoms with Gasteiger partial charge in [0, 0.05) is 28.8 Å². The zero-order valence-corrected chi connectivity index (χ0v) is 15.8. The number of aryl methyl sites for hydroxylation is 2. The van der Waals surface area contributed by atoms with E-state index in [-0.39, 0.29) is 0 Å². The molecule has 2 aromatic carbocycles. The van der Waals surface area contributed by atoms with Crippen LogP contribution in [0.2, 0.25) is 0 Å². The van der Waals surface area contributed by atoms with Gasteiger partial charge in [0.2, 0.25) is 0 Å². The van der Waals surface area contributed by atoms with Crippen molar-refractivity contribution in [2.24, 2.45) is 0 Å². The zero-order valence-electron chi connectivity index (χ0n) is 15.8. The second-order valence-electron chi connectivity index (χ2n) is 7.45. The Balaban J connectivity index is 1.55. The second-order valence-corrected chi connectivity index (χ2v) is 7.45. The summed E-state index contributed by atoms with van der Waals surface area (Å²) >= 11 is 0. The molecule has 5 rings (SSSR count). The molecule has 1 atom stereocenters. The van der Waals surface area contributed by atoms with Gasteiger partial charge in [0.15, 0.2) is 0 Å². The van der Waals surface area contributed by atoms with Gasteiger partial charge in [-0.2, -0.15) is 0 Å². The second kappa shape index (κ2) is 6.64. The highest BCUT2D eigenvalue weighted by Crippen LogP contribution is 2.40. The van der Waals surface area contributed by atoms with E-state index in [0.717, 1.165) is 46.4 Å². The summed E-state index contributed by atoms with van der Waals surface area (Å²) in [7, 11) is 0. The van der Waals surface area contributed by atoms with Crippen LogP contribution in [0.15, 0.2) is 66.9 Å². The van der Waals surface area contributed by atoms with Crippen LogP contribution >= 0.6 is 0 Å². The monoisotopic (exact) mass is 366 g/mol. The van der Waals surface area contributed by atoms with E-state index in [1.807, 2.05) is 31.2 Å². The number of nitrogens with two attached hydrogens (primary N) is 1. The van der Waals surface area contributed by atoms with Crippen molar-refractivity contribution in [2.45, 2.75) is 25.7 Å². The molecule has 0 unspecified atom stereocenters. The highest BCUT2D eigenvalue weighted by atomic mass is 15.0. The molecule has 28 heavy (non-hydrogen) atoms. The quantitative estimate of drug-likeness (QED) is 0.513. The number of hydrogen-bond donors (Lipinski definition) is 2. The van der Waals surface area contributed by atoms with Crippen molar-refractivity contribution < 1.29 is 0 Å². The van der Waals surface area contributed by atoms with Gasteiger partial charge in [0.1, 0.15) is 11.6 Å². The first-order valence-corrected chi connectivity index (χ1v) is 9.65. The van der Waals surface area contributed by atoms with Crippen LogP contribution in [0.4, 0.5) is 17.3 Å². The van der Waals surface area contributed by atoms with E-state index >= 15 is 0 Å². The van der Waals surface area contributed by atoms with E-state index in [0.29, 0.717) is 11.7 Å². The summed E-state index contributed by atoms with van der Waals surface area (Å²) in [4.78, 5) is 9.12. The van der Waals surface area contributed by atoms with Gasteiger partial charge in [-0.15, -0.1) is 0 Å². The molecule has 2 aromatic heterocycles. The number of rotatable bonds is 3. The molecule has 4 heteroatoms. The lowest BCUT2D eigenvalue weighted by molar-refractivity contribution is 0.788. The number of anilines is 3. The maximum absolute atomic E-state index is 6.37. The van der Waals surface area contributed by atoms with Crippen molar-refractivity contribution in [3.05, 3.63) is 89.1 Å². The van der Waals surface area contributed by atoms with Crippen LogP contribution in [0.3, 0.4) is 0 Å². The Morgan fingerprint density at radius 1 is 1.00 bits per heavy atom. The smallest absolute Gasteiger partial charge is 0.133 e. The van der Waals surface area contributed by atoms with Crippen molar-refractivity contribution in [2.75, 3.05) is 11.1 Å². The average Bonchev–Trinajstić information content (AvgIpc) is 3.13. The van der Waals surface area contributed by atoms with Gasteiger partial charge < -0.3 is 11.1 Å². The van der Waals surface area contributed by atoms with Crippen molar-refractivity contribution in [1.82, 2.24) is 9.97 Å². The summed E-state index contributed by atoms with van der Waals surface area (Å²) in [5.74, 6) is 1.83. The highest BCUT2D eigenvalue weighted by Gasteiger charge is 2.25. The lowest BCUT2D eigenvalue weighted by Gasteiger charge is -2.16. The van der Waals surface area contributed by atoms with E-state index < -0.39 is 0 Å². The normalized spacial score (nSPS) is 15.5. The van der Waals surface area contributed by atoms with E-state index in [2.05, 4.69) is 46.7 Å². The van der Waals surface area contributed by atoms with Crippen LogP contribution in [-0.4, -0.2) is 9.97 Å². The number of aromatic nitrogens is 2. The third kappa shape index (κ3) is 2.87. The van der Waals surface area contributed by atoms with Gasteiger partial charge in [0.05, 0.1) is 5.52 Å². The zero-order chi connectivity index (χ0) is 19.1. The molecular formula is C24H22N4. The summed E-state index contributed by atoms with van der Waals surface area (Å²) in [5, 5.41) is 4.50. The first kappa shape index (κ1) is 16.8. The predicted octanol–water partition coefficient (Wildman–Crippen LogP) is 5.34. The van der Waals surface area contributed by atoms with Crippen molar-refractivity contribution >= 4 is 28.2 Å². The van der Waals surface area contributed by atoms with Crippen LogP contribution in [0, 0.1) is 6.92 Å². The number of nitrogens with one attached hydrogen (secondary N) is 1. The SMILES string of the molecule is Cc1cccnc1Nc1ccc2nc(N)c([C@@H]3CCc4ccccc43)cc2c1. The van der Waals surface area contributed by atoms with E-state index in [4.69, 9.17) is 10.7 Å². The molecule has 0 radical (unpaired) electrons. The minimum atomic E-state index is 0.322. The number of nitrogens with zero attached hydrogens (tertiary/aromatic N) is 2. The molecule has 0 spiro atoms. The first-order valence-electron chi connectivity index (χ1n) is 9.65. The summed E-state index contributed by atoms with van der Waals surface area (Å²) < 4.78 is 0. The molecule has 2 heterocycles. The number of nitrogen functional groups attached to an aromatic ring is 1. The van der Waals surface area contributed by atoms with Crippen molar-refractivity contribution in [3.63, 3.8) is 0 Å². The maximum atomic E-state index is 6.37. The Bertz CT molecular complexity index is 1180. The maximum Gasteiger partial charge on any atom is 0.133 e. The molecule has 0 saturated carbocycles. The summed E-state index contributed by atoms with van der Waals surface area (Å²) in [6.45, 7) is 2.05. The summed E-state index contributed by atoms with van der Waals surface area (Å²) in [5.41, 5.74) is 13.3. The molecule has 0 amide bonds. The Hall–Kier alpha value is -3.40. The lowest BCUT2D eigenvalue weighted by atomic mass is 9.92. The molecule has 0 saturated heterocycles. The first-order chi connectivity index (χ1) is 13.7. The number of hydrogen-bond acceptors (Lipinski definition) is 4. The molecular weight excluding hydrogens is 344 g/mol. The van der Waals surface area contributed by atoms with Crippen LogP contribution in [0.1, 0.15) is 34.6 Å². The third-order valence-corrected chi connectivity index (χ3v) is 5.66. The predicted molar refractivity (Wildman–Crippen MR) is 115 cm³/mol. The molecule has 0 fully saturated rings. The molecule has 1 aliphatic rings. The number of benzene rings is 2. The Labute approximate surface area is 164 Å². The van der Waals surface area contributed by atoms with Gasteiger partial charge in [-0.3, -0.25) is 0 Å². The lowest BCUT2D eigenvalue weighted by Crippen LogP contribution is -2.04. The van der Waals surface area contributed by atoms with Crippen molar-refractivity contribution in [3.8, 4) is 0 Å². The van der Waals surface area contributed by atoms with Crippen LogP contribution in [0.25, 0.3) is 10.9 Å². The Kier molecular flexibility index (Phi) is 3.97. The fourth-order valence-corrected chi connectivity index (χ4v) is 4.20. The Morgan fingerprint density at radius 2 is 1.89 bits per heavy atom. The molecule has 138 valence electrons. The van der Waals surface area contributed by atoms with Gasteiger partial charge >= 0.3 is 0 Å². The average molecular weight is 366 g/mol. The fourth-order valence-electron chi connectivity index (χ4n) is 4.20. The molecule has 3 N–H and O–H groups in total. The minimum absolute atomic E-state index is 0.322. The third-order valence-electron chi connectivity index (χ3n) is 5.66. The van der Waals surface area contributed by atoms with E-state index in [1.165, 1.54) is 11.1 Å². The number of fused-ring (bicyclic) bond motifs is 2. The fraction of sp³-hybridized carbons (Fsp3) is 0.167.